The Bertz CT molecular complexity index is 994. The first-order chi connectivity index (χ1) is 17.0. The van der Waals surface area contributed by atoms with Crippen LogP contribution in [0.2, 0.25) is 0 Å². The molecule has 35 heavy (non-hydrogen) atoms. The molecular formula is C29H36FN3O2. The molecule has 5 nitrogen and oxygen atoms in total. The Kier molecular flexibility index (Phi) is 7.47. The Morgan fingerprint density at radius 2 is 1.60 bits per heavy atom. The van der Waals surface area contributed by atoms with Gasteiger partial charge in [-0.25, -0.2) is 4.39 Å². The second kappa shape index (κ2) is 10.9. The number of fused-ring (bicyclic) bond motifs is 2. The van der Waals surface area contributed by atoms with Gasteiger partial charge in [-0.15, -0.1) is 0 Å². The number of amides is 2. The van der Waals surface area contributed by atoms with Crippen molar-refractivity contribution in [3.8, 4) is 0 Å². The van der Waals surface area contributed by atoms with E-state index in [4.69, 9.17) is 0 Å². The lowest BCUT2D eigenvalue weighted by Gasteiger charge is -2.40. The molecule has 1 aliphatic carbocycles. The number of nitrogens with one attached hydrogen (secondary N) is 2. The van der Waals surface area contributed by atoms with Crippen LogP contribution in [-0.4, -0.2) is 41.4 Å². The Hall–Kier alpha value is -2.73. The van der Waals surface area contributed by atoms with E-state index in [0.717, 1.165) is 31.4 Å². The molecule has 3 fully saturated rings. The summed E-state index contributed by atoms with van der Waals surface area (Å²) in [6.45, 7) is 0.953. The van der Waals surface area contributed by atoms with Gasteiger partial charge in [-0.3, -0.25) is 14.5 Å². The maximum absolute atomic E-state index is 13.1. The van der Waals surface area contributed by atoms with Crippen LogP contribution in [0.1, 0.15) is 68.5 Å². The number of hydrogen-bond donors (Lipinski definition) is 2. The van der Waals surface area contributed by atoms with E-state index in [1.54, 1.807) is 12.1 Å². The Labute approximate surface area is 207 Å². The molecule has 1 saturated carbocycles. The fraction of sp³-hybridized carbons (Fsp3) is 0.517. The van der Waals surface area contributed by atoms with Crippen molar-refractivity contribution >= 4 is 11.8 Å². The molecule has 6 heteroatoms. The average molecular weight is 478 g/mol. The van der Waals surface area contributed by atoms with Gasteiger partial charge >= 0.3 is 0 Å². The second-order valence-corrected chi connectivity index (χ2v) is 10.6. The number of hydrogen-bond acceptors (Lipinski definition) is 3. The second-order valence-electron chi connectivity index (χ2n) is 10.6. The summed E-state index contributed by atoms with van der Waals surface area (Å²) >= 11 is 0. The van der Waals surface area contributed by atoms with Crippen molar-refractivity contribution in [1.29, 1.82) is 0 Å². The summed E-state index contributed by atoms with van der Waals surface area (Å²) in [5.74, 6) is 0.485. The molecule has 2 amide bonds. The Morgan fingerprint density at radius 3 is 2.26 bits per heavy atom. The molecular weight excluding hydrogens is 441 g/mol. The van der Waals surface area contributed by atoms with Gasteiger partial charge < -0.3 is 10.6 Å². The van der Waals surface area contributed by atoms with Gasteiger partial charge in [0, 0.05) is 31.1 Å². The van der Waals surface area contributed by atoms with Gasteiger partial charge in [0.05, 0.1) is 12.5 Å². The number of rotatable bonds is 10. The van der Waals surface area contributed by atoms with Gasteiger partial charge in [0.15, 0.2) is 0 Å². The minimum Gasteiger partial charge on any atom is -0.353 e. The molecule has 2 saturated heterocycles. The highest BCUT2D eigenvalue weighted by atomic mass is 19.1. The van der Waals surface area contributed by atoms with E-state index < -0.39 is 0 Å². The topological polar surface area (TPSA) is 61.4 Å². The molecule has 2 aromatic carbocycles. The molecule has 5 rings (SSSR count). The number of carbonyl (C=O) groups excluding carboxylic acids is 2. The molecule has 2 bridgehead atoms. The molecule has 2 heterocycles. The van der Waals surface area contributed by atoms with E-state index in [2.05, 4.69) is 27.7 Å². The van der Waals surface area contributed by atoms with E-state index in [-0.39, 0.29) is 36.1 Å². The van der Waals surface area contributed by atoms with Crippen LogP contribution in [0.3, 0.4) is 0 Å². The minimum atomic E-state index is -0.282. The zero-order chi connectivity index (χ0) is 24.2. The molecule has 2 aromatic rings. The van der Waals surface area contributed by atoms with Gasteiger partial charge in [-0.2, -0.15) is 0 Å². The standard InChI is InChI=1S/C29H36FN3O2/c30-23-10-8-21(9-11-23)16-28(34)31-24-18-25-12-13-26(19-24)33(25)15-14-27(22-4-2-1-3-5-22)32-29(35)17-20-6-7-20/h1-5,8-11,20,24-27H,6-7,12-19H2,(H,31,34)(H,32,35)/t24?,25-,26+,27-/m0/s1. The highest BCUT2D eigenvalue weighted by Crippen LogP contribution is 2.37. The fourth-order valence-corrected chi connectivity index (χ4v) is 5.95. The van der Waals surface area contributed by atoms with Gasteiger partial charge in [0.2, 0.25) is 11.8 Å². The fourth-order valence-electron chi connectivity index (χ4n) is 5.95. The molecule has 2 N–H and O–H groups in total. The third-order valence-corrected chi connectivity index (χ3v) is 7.91. The van der Waals surface area contributed by atoms with Crippen LogP contribution in [0, 0.1) is 11.7 Å². The third kappa shape index (κ3) is 6.49. The van der Waals surface area contributed by atoms with E-state index >= 15 is 0 Å². The normalized spacial score (nSPS) is 24.7. The predicted octanol–water partition coefficient (Wildman–Crippen LogP) is 4.53. The first-order valence-corrected chi connectivity index (χ1v) is 13.2. The van der Waals surface area contributed by atoms with Gasteiger partial charge in [0.1, 0.15) is 5.82 Å². The van der Waals surface area contributed by atoms with Crippen LogP contribution in [0.4, 0.5) is 4.39 Å². The van der Waals surface area contributed by atoms with E-state index in [1.165, 1.54) is 43.4 Å². The first kappa shape index (κ1) is 24.0. The van der Waals surface area contributed by atoms with Crippen LogP contribution in [0.25, 0.3) is 0 Å². The number of benzene rings is 2. The molecule has 186 valence electrons. The quantitative estimate of drug-likeness (QED) is 0.529. The lowest BCUT2D eigenvalue weighted by molar-refractivity contribution is -0.122. The Morgan fingerprint density at radius 1 is 0.914 bits per heavy atom. The lowest BCUT2D eigenvalue weighted by atomic mass is 9.95. The highest BCUT2D eigenvalue weighted by molar-refractivity contribution is 5.79. The Balaban J connectivity index is 1.14. The SMILES string of the molecule is O=C(Cc1ccc(F)cc1)NC1C[C@H]2CC[C@@H](C1)N2CC[C@H](NC(=O)CC1CC1)c1ccccc1. The van der Waals surface area contributed by atoms with E-state index in [1.807, 2.05) is 18.2 Å². The lowest BCUT2D eigenvalue weighted by Crippen LogP contribution is -2.51. The molecule has 1 unspecified atom stereocenters. The molecule has 0 radical (unpaired) electrons. The van der Waals surface area contributed by atoms with Crippen molar-refractivity contribution < 1.29 is 14.0 Å². The zero-order valence-electron chi connectivity index (χ0n) is 20.3. The van der Waals surface area contributed by atoms with Crippen LogP contribution in [0.5, 0.6) is 0 Å². The number of carbonyl (C=O) groups is 2. The van der Waals surface area contributed by atoms with Crippen LogP contribution < -0.4 is 10.6 Å². The van der Waals surface area contributed by atoms with Crippen LogP contribution >= 0.6 is 0 Å². The predicted molar refractivity (Wildman–Crippen MR) is 134 cm³/mol. The third-order valence-electron chi connectivity index (χ3n) is 7.91. The average Bonchev–Trinajstić information content (AvgIpc) is 3.62. The largest absolute Gasteiger partial charge is 0.353 e. The van der Waals surface area contributed by atoms with E-state index in [0.29, 0.717) is 24.4 Å². The molecule has 2 aliphatic heterocycles. The maximum Gasteiger partial charge on any atom is 0.224 e. The first-order valence-electron chi connectivity index (χ1n) is 13.2. The monoisotopic (exact) mass is 477 g/mol. The summed E-state index contributed by atoms with van der Waals surface area (Å²) in [5, 5.41) is 6.54. The van der Waals surface area contributed by atoms with E-state index in [9.17, 15) is 14.0 Å². The summed E-state index contributed by atoms with van der Waals surface area (Å²) in [6.07, 6.45) is 8.47. The van der Waals surface area contributed by atoms with Crippen molar-refractivity contribution in [3.63, 3.8) is 0 Å². The zero-order valence-corrected chi connectivity index (χ0v) is 20.3. The van der Waals surface area contributed by atoms with Crippen molar-refractivity contribution in [2.24, 2.45) is 5.92 Å². The summed E-state index contributed by atoms with van der Waals surface area (Å²) in [7, 11) is 0. The molecule has 0 spiro atoms. The van der Waals surface area contributed by atoms with Crippen molar-refractivity contribution in [2.75, 3.05) is 6.54 Å². The molecule has 0 aromatic heterocycles. The smallest absolute Gasteiger partial charge is 0.224 e. The number of nitrogens with zero attached hydrogens (tertiary/aromatic N) is 1. The minimum absolute atomic E-state index is 0.0111. The van der Waals surface area contributed by atoms with Gasteiger partial charge in [-0.05, 0) is 74.1 Å². The van der Waals surface area contributed by atoms with Crippen molar-refractivity contribution in [1.82, 2.24) is 15.5 Å². The highest BCUT2D eigenvalue weighted by Gasteiger charge is 2.41. The van der Waals surface area contributed by atoms with Crippen molar-refractivity contribution in [3.05, 3.63) is 71.5 Å². The summed E-state index contributed by atoms with van der Waals surface area (Å²) in [4.78, 5) is 27.8. The maximum atomic E-state index is 13.1. The molecule has 4 atom stereocenters. The number of piperidine rings is 1. The van der Waals surface area contributed by atoms with Crippen molar-refractivity contribution in [2.45, 2.75) is 82.0 Å². The summed E-state index contributed by atoms with van der Waals surface area (Å²) in [6, 6.07) is 17.7. The van der Waals surface area contributed by atoms with Gasteiger partial charge in [-0.1, -0.05) is 42.5 Å². The van der Waals surface area contributed by atoms with Crippen LogP contribution in [0.15, 0.2) is 54.6 Å². The summed E-state index contributed by atoms with van der Waals surface area (Å²) in [5.41, 5.74) is 2.01. The molecule has 3 aliphatic rings. The number of halogens is 1. The van der Waals surface area contributed by atoms with Gasteiger partial charge in [0.25, 0.3) is 0 Å². The summed E-state index contributed by atoms with van der Waals surface area (Å²) < 4.78 is 13.1. The van der Waals surface area contributed by atoms with Crippen LogP contribution in [-0.2, 0) is 16.0 Å².